The largest absolute Gasteiger partial charge is 0.493 e. The van der Waals surface area contributed by atoms with Gasteiger partial charge < -0.3 is 25.3 Å². The Bertz CT molecular complexity index is 489. The lowest BCUT2D eigenvalue weighted by molar-refractivity contribution is -0.120. The van der Waals surface area contributed by atoms with Gasteiger partial charge in [0.15, 0.2) is 11.5 Å². The van der Waals surface area contributed by atoms with Crippen LogP contribution in [-0.2, 0) is 4.79 Å². The van der Waals surface area contributed by atoms with Crippen molar-refractivity contribution in [1.29, 1.82) is 0 Å². The highest BCUT2D eigenvalue weighted by Crippen LogP contribution is 2.39. The first-order valence-electron chi connectivity index (χ1n) is 6.93. The molecule has 1 unspecified atom stereocenters. The topological polar surface area (TPSA) is 82.8 Å². The molecule has 1 aromatic rings. The third-order valence-electron chi connectivity index (χ3n) is 3.61. The molecule has 0 bridgehead atoms. The minimum atomic E-state index is -0.570. The molecule has 1 aliphatic carbocycles. The molecule has 3 N–H and O–H groups in total. The van der Waals surface area contributed by atoms with Gasteiger partial charge in [-0.2, -0.15) is 0 Å². The van der Waals surface area contributed by atoms with Gasteiger partial charge in [-0.3, -0.25) is 4.79 Å². The Morgan fingerprint density at radius 3 is 2.19 bits per heavy atom. The van der Waals surface area contributed by atoms with Gasteiger partial charge >= 0.3 is 0 Å². The fraction of sp³-hybridized carbons (Fsp3) is 0.533. The molecule has 0 spiro atoms. The molecule has 6 heteroatoms. The summed E-state index contributed by atoms with van der Waals surface area (Å²) in [6, 6.07) is 2.92. The van der Waals surface area contributed by atoms with Crippen LogP contribution in [0.3, 0.4) is 0 Å². The van der Waals surface area contributed by atoms with Crippen LogP contribution in [0.15, 0.2) is 12.1 Å². The lowest BCUT2D eigenvalue weighted by Crippen LogP contribution is -2.34. The predicted octanol–water partition coefficient (Wildman–Crippen LogP) is 1.24. The Kier molecular flexibility index (Phi) is 4.90. The van der Waals surface area contributed by atoms with Crippen molar-refractivity contribution in [2.24, 2.45) is 11.7 Å². The molecule has 0 aliphatic heterocycles. The van der Waals surface area contributed by atoms with Crippen molar-refractivity contribution in [3.8, 4) is 17.2 Å². The first-order chi connectivity index (χ1) is 10.1. The molecule has 0 saturated heterocycles. The van der Waals surface area contributed by atoms with Gasteiger partial charge in [-0.15, -0.1) is 0 Å². The highest BCUT2D eigenvalue weighted by atomic mass is 16.5. The third-order valence-corrected chi connectivity index (χ3v) is 3.61. The maximum absolute atomic E-state index is 11.7. The van der Waals surface area contributed by atoms with Crippen LogP contribution in [0.4, 0.5) is 0 Å². The van der Waals surface area contributed by atoms with Gasteiger partial charge in [-0.05, 0) is 43.0 Å². The molecule has 0 radical (unpaired) electrons. The Balaban J connectivity index is 2.31. The normalized spacial score (nSPS) is 15.4. The molecule has 116 valence electrons. The number of hydrogen-bond acceptors (Lipinski definition) is 5. The van der Waals surface area contributed by atoms with Gasteiger partial charge in [0.25, 0.3) is 0 Å². The summed E-state index contributed by atoms with van der Waals surface area (Å²) in [6.07, 6.45) is 2.40. The van der Waals surface area contributed by atoms with E-state index in [0.29, 0.717) is 28.7 Å². The lowest BCUT2D eigenvalue weighted by atomic mass is 10.0. The first-order valence-corrected chi connectivity index (χ1v) is 6.93. The van der Waals surface area contributed by atoms with Gasteiger partial charge in [0, 0.05) is 0 Å². The summed E-state index contributed by atoms with van der Waals surface area (Å²) in [4.78, 5) is 11.7. The summed E-state index contributed by atoms with van der Waals surface area (Å²) >= 11 is 0. The minimum Gasteiger partial charge on any atom is -0.493 e. The SMILES string of the molecule is COc1cc(C(NCC2CC2)C(N)=O)cc(OC)c1OC. The molecule has 1 saturated carbocycles. The van der Waals surface area contributed by atoms with Gasteiger partial charge in [0.05, 0.1) is 21.3 Å². The molecule has 1 aliphatic rings. The summed E-state index contributed by atoms with van der Waals surface area (Å²) in [5.74, 6) is 1.73. The quantitative estimate of drug-likeness (QED) is 0.753. The molecule has 0 heterocycles. The molecule has 1 aromatic carbocycles. The van der Waals surface area contributed by atoms with Crippen LogP contribution in [0.2, 0.25) is 0 Å². The molecule has 2 rings (SSSR count). The monoisotopic (exact) mass is 294 g/mol. The summed E-state index contributed by atoms with van der Waals surface area (Å²) in [7, 11) is 4.62. The van der Waals surface area contributed by atoms with E-state index in [1.54, 1.807) is 12.1 Å². The van der Waals surface area contributed by atoms with E-state index in [9.17, 15) is 4.79 Å². The van der Waals surface area contributed by atoms with Gasteiger partial charge in [0.1, 0.15) is 6.04 Å². The van der Waals surface area contributed by atoms with Crippen LogP contribution in [0.5, 0.6) is 17.2 Å². The second-order valence-corrected chi connectivity index (χ2v) is 5.15. The molecule has 1 atom stereocenters. The molecule has 1 amide bonds. The fourth-order valence-electron chi connectivity index (χ4n) is 2.26. The van der Waals surface area contributed by atoms with E-state index in [1.807, 2.05) is 0 Å². The zero-order valence-electron chi connectivity index (χ0n) is 12.6. The van der Waals surface area contributed by atoms with Crippen molar-refractivity contribution in [2.45, 2.75) is 18.9 Å². The second kappa shape index (κ2) is 6.67. The van der Waals surface area contributed by atoms with Crippen LogP contribution >= 0.6 is 0 Å². The Hall–Kier alpha value is -1.95. The molecule has 21 heavy (non-hydrogen) atoms. The average molecular weight is 294 g/mol. The summed E-state index contributed by atoms with van der Waals surface area (Å²) in [5, 5.41) is 3.21. The van der Waals surface area contributed by atoms with Gasteiger partial charge in [0.2, 0.25) is 11.7 Å². The van der Waals surface area contributed by atoms with E-state index >= 15 is 0 Å². The Labute approximate surface area is 124 Å². The van der Waals surface area contributed by atoms with Crippen LogP contribution in [-0.4, -0.2) is 33.8 Å². The van der Waals surface area contributed by atoms with E-state index < -0.39 is 11.9 Å². The Morgan fingerprint density at radius 1 is 1.24 bits per heavy atom. The maximum Gasteiger partial charge on any atom is 0.239 e. The third kappa shape index (κ3) is 3.58. The predicted molar refractivity (Wildman–Crippen MR) is 78.8 cm³/mol. The highest BCUT2D eigenvalue weighted by Gasteiger charge is 2.26. The molecule has 6 nitrogen and oxygen atoms in total. The molecule has 1 fully saturated rings. The van der Waals surface area contributed by atoms with Crippen molar-refractivity contribution in [3.05, 3.63) is 17.7 Å². The number of methoxy groups -OCH3 is 3. The minimum absolute atomic E-state index is 0.426. The summed E-state index contributed by atoms with van der Waals surface area (Å²) in [6.45, 7) is 0.782. The Morgan fingerprint density at radius 2 is 1.81 bits per heavy atom. The first kappa shape index (κ1) is 15.4. The van der Waals surface area contributed by atoms with Crippen molar-refractivity contribution in [3.63, 3.8) is 0 Å². The number of carbonyl (C=O) groups is 1. The number of nitrogens with one attached hydrogen (secondary N) is 1. The number of carbonyl (C=O) groups excluding carboxylic acids is 1. The van der Waals surface area contributed by atoms with Crippen LogP contribution < -0.4 is 25.3 Å². The molecule has 0 aromatic heterocycles. The molecular formula is C15H22N2O4. The molecular weight excluding hydrogens is 272 g/mol. The lowest BCUT2D eigenvalue weighted by Gasteiger charge is -2.19. The highest BCUT2D eigenvalue weighted by molar-refractivity contribution is 5.82. The van der Waals surface area contributed by atoms with Crippen molar-refractivity contribution in [1.82, 2.24) is 5.32 Å². The van der Waals surface area contributed by atoms with Crippen LogP contribution in [0.1, 0.15) is 24.4 Å². The number of ether oxygens (including phenoxy) is 3. The zero-order valence-corrected chi connectivity index (χ0v) is 12.6. The van der Waals surface area contributed by atoms with E-state index in [2.05, 4.69) is 5.32 Å². The maximum atomic E-state index is 11.7. The van der Waals surface area contributed by atoms with E-state index in [4.69, 9.17) is 19.9 Å². The number of hydrogen-bond donors (Lipinski definition) is 2. The van der Waals surface area contributed by atoms with Gasteiger partial charge in [-0.1, -0.05) is 0 Å². The fourth-order valence-corrected chi connectivity index (χ4v) is 2.26. The summed E-state index contributed by atoms with van der Waals surface area (Å²) < 4.78 is 15.9. The number of primary amides is 1. The standard InChI is InChI=1S/C15H22N2O4/c1-19-11-6-10(7-12(20-2)14(11)21-3)13(15(16)18)17-8-9-4-5-9/h6-7,9,13,17H,4-5,8H2,1-3H3,(H2,16,18). The number of benzene rings is 1. The van der Waals surface area contributed by atoms with Crippen molar-refractivity contribution < 1.29 is 19.0 Å². The van der Waals surface area contributed by atoms with E-state index in [-0.39, 0.29) is 0 Å². The van der Waals surface area contributed by atoms with Crippen LogP contribution in [0.25, 0.3) is 0 Å². The van der Waals surface area contributed by atoms with Crippen molar-refractivity contribution in [2.75, 3.05) is 27.9 Å². The second-order valence-electron chi connectivity index (χ2n) is 5.15. The number of nitrogens with two attached hydrogens (primary N) is 1. The zero-order chi connectivity index (χ0) is 15.4. The van der Waals surface area contributed by atoms with Crippen LogP contribution in [0, 0.1) is 5.92 Å². The average Bonchev–Trinajstić information content (AvgIpc) is 3.30. The smallest absolute Gasteiger partial charge is 0.239 e. The van der Waals surface area contributed by atoms with Crippen molar-refractivity contribution >= 4 is 5.91 Å². The number of rotatable bonds is 8. The summed E-state index contributed by atoms with van der Waals surface area (Å²) in [5.41, 5.74) is 6.22. The van der Waals surface area contributed by atoms with E-state index in [1.165, 1.54) is 34.2 Å². The number of amides is 1. The van der Waals surface area contributed by atoms with E-state index in [0.717, 1.165) is 6.54 Å². The van der Waals surface area contributed by atoms with Gasteiger partial charge in [-0.25, -0.2) is 0 Å².